The predicted molar refractivity (Wildman–Crippen MR) is 96.5 cm³/mol. The molecule has 0 aliphatic carbocycles. The lowest BCUT2D eigenvalue weighted by atomic mass is 9.93. The van der Waals surface area contributed by atoms with Crippen LogP contribution in [-0.2, 0) is 22.6 Å². The first-order valence-corrected chi connectivity index (χ1v) is 8.49. The Morgan fingerprint density at radius 1 is 1.12 bits per heavy atom. The third kappa shape index (κ3) is 4.06. The molecule has 2 aromatic rings. The number of amides is 2. The Bertz CT molecular complexity index is 761. The number of benzene rings is 2. The third-order valence-corrected chi connectivity index (χ3v) is 4.70. The van der Waals surface area contributed by atoms with Crippen LogP contribution >= 0.6 is 0 Å². The Morgan fingerprint density at radius 2 is 1.76 bits per heavy atom. The summed E-state index contributed by atoms with van der Waals surface area (Å²) >= 11 is 0. The predicted octanol–water partition coefficient (Wildman–Crippen LogP) is 1.78. The van der Waals surface area contributed by atoms with E-state index in [1.807, 2.05) is 66.4 Å². The molecular weight excluding hydrogens is 314 g/mol. The summed E-state index contributed by atoms with van der Waals surface area (Å²) in [6.45, 7) is 2.65. The van der Waals surface area contributed by atoms with E-state index < -0.39 is 11.9 Å². The third-order valence-electron chi connectivity index (χ3n) is 4.70. The maximum atomic E-state index is 12.5. The maximum absolute atomic E-state index is 12.5. The summed E-state index contributed by atoms with van der Waals surface area (Å²) in [6, 6.07) is 17.2. The second-order valence-corrected chi connectivity index (χ2v) is 6.50. The Hall–Kier alpha value is -2.66. The van der Waals surface area contributed by atoms with Crippen molar-refractivity contribution in [1.29, 1.82) is 0 Å². The van der Waals surface area contributed by atoms with Gasteiger partial charge >= 0.3 is 0 Å². The molecule has 0 radical (unpaired) electrons. The van der Waals surface area contributed by atoms with Gasteiger partial charge in [-0.25, -0.2) is 0 Å². The number of nitrogens with two attached hydrogens (primary N) is 1. The minimum atomic E-state index is -0.451. The lowest BCUT2D eigenvalue weighted by Crippen LogP contribution is -2.51. The van der Waals surface area contributed by atoms with Crippen molar-refractivity contribution in [1.82, 2.24) is 10.2 Å². The second kappa shape index (κ2) is 7.49. The van der Waals surface area contributed by atoms with Gasteiger partial charge in [0.1, 0.15) is 0 Å². The van der Waals surface area contributed by atoms with Crippen LogP contribution in [0.4, 0.5) is 0 Å². The minimum absolute atomic E-state index is 0.0854. The van der Waals surface area contributed by atoms with Crippen molar-refractivity contribution in [3.63, 3.8) is 0 Å². The fourth-order valence-electron chi connectivity index (χ4n) is 3.32. The van der Waals surface area contributed by atoms with Gasteiger partial charge in [0.15, 0.2) is 0 Å². The van der Waals surface area contributed by atoms with Crippen molar-refractivity contribution in [2.24, 2.45) is 5.73 Å². The maximum Gasteiger partial charge on any atom is 0.235 e. The Balaban J connectivity index is 1.68. The van der Waals surface area contributed by atoms with Gasteiger partial charge in [-0.2, -0.15) is 0 Å². The molecule has 0 bridgehead atoms. The SMILES string of the molecule is CC(NC(=O)CN1Cc2ccccc2CC1C(N)=O)c1ccccc1. The highest BCUT2D eigenvalue weighted by Gasteiger charge is 2.31. The number of fused-ring (bicyclic) bond motifs is 1. The van der Waals surface area contributed by atoms with Gasteiger partial charge in [0.25, 0.3) is 0 Å². The number of rotatable bonds is 5. The van der Waals surface area contributed by atoms with E-state index in [0.29, 0.717) is 13.0 Å². The summed E-state index contributed by atoms with van der Waals surface area (Å²) in [7, 11) is 0. The molecule has 5 nitrogen and oxygen atoms in total. The summed E-state index contributed by atoms with van der Waals surface area (Å²) < 4.78 is 0. The fourth-order valence-corrected chi connectivity index (χ4v) is 3.32. The molecule has 2 atom stereocenters. The molecule has 0 saturated carbocycles. The van der Waals surface area contributed by atoms with E-state index >= 15 is 0 Å². The molecule has 25 heavy (non-hydrogen) atoms. The van der Waals surface area contributed by atoms with Crippen LogP contribution in [0, 0.1) is 0 Å². The van der Waals surface area contributed by atoms with Crippen LogP contribution in [0.1, 0.15) is 29.7 Å². The summed E-state index contributed by atoms with van der Waals surface area (Å²) in [4.78, 5) is 26.2. The molecule has 2 unspecified atom stereocenters. The number of carbonyl (C=O) groups excluding carboxylic acids is 2. The van der Waals surface area contributed by atoms with Gasteiger partial charge in [0.05, 0.1) is 18.6 Å². The highest BCUT2D eigenvalue weighted by Crippen LogP contribution is 2.23. The van der Waals surface area contributed by atoms with E-state index in [-0.39, 0.29) is 18.5 Å². The molecule has 0 saturated heterocycles. The largest absolute Gasteiger partial charge is 0.368 e. The molecule has 0 aromatic heterocycles. The van der Waals surface area contributed by atoms with E-state index in [1.165, 1.54) is 0 Å². The zero-order valence-corrected chi connectivity index (χ0v) is 14.3. The topological polar surface area (TPSA) is 75.4 Å². The van der Waals surface area contributed by atoms with Gasteiger partial charge in [-0.05, 0) is 30.0 Å². The molecule has 3 rings (SSSR count). The van der Waals surface area contributed by atoms with Gasteiger partial charge in [0.2, 0.25) is 11.8 Å². The molecule has 130 valence electrons. The number of hydrogen-bond acceptors (Lipinski definition) is 3. The number of nitrogens with one attached hydrogen (secondary N) is 1. The second-order valence-electron chi connectivity index (χ2n) is 6.50. The normalized spacial score (nSPS) is 18.2. The quantitative estimate of drug-likeness (QED) is 0.873. The van der Waals surface area contributed by atoms with Crippen molar-refractivity contribution in [3.05, 3.63) is 71.3 Å². The van der Waals surface area contributed by atoms with E-state index in [9.17, 15) is 9.59 Å². The van der Waals surface area contributed by atoms with Gasteiger partial charge in [0, 0.05) is 6.54 Å². The van der Waals surface area contributed by atoms with Gasteiger partial charge in [-0.15, -0.1) is 0 Å². The van der Waals surface area contributed by atoms with Crippen LogP contribution in [-0.4, -0.2) is 29.3 Å². The van der Waals surface area contributed by atoms with Crippen LogP contribution in [0.5, 0.6) is 0 Å². The summed E-state index contributed by atoms with van der Waals surface area (Å²) in [5, 5.41) is 2.99. The molecule has 0 fully saturated rings. The lowest BCUT2D eigenvalue weighted by molar-refractivity contribution is -0.127. The fraction of sp³-hybridized carbons (Fsp3) is 0.300. The summed E-state index contributed by atoms with van der Waals surface area (Å²) in [5.74, 6) is -0.500. The van der Waals surface area contributed by atoms with Crippen LogP contribution in [0.2, 0.25) is 0 Å². The first-order valence-electron chi connectivity index (χ1n) is 8.49. The Labute approximate surface area is 147 Å². The average molecular weight is 337 g/mol. The molecule has 5 heteroatoms. The smallest absolute Gasteiger partial charge is 0.235 e. The van der Waals surface area contributed by atoms with E-state index in [1.54, 1.807) is 0 Å². The van der Waals surface area contributed by atoms with E-state index in [0.717, 1.165) is 16.7 Å². The molecule has 1 aliphatic rings. The number of carbonyl (C=O) groups is 2. The minimum Gasteiger partial charge on any atom is -0.368 e. The van der Waals surface area contributed by atoms with Gasteiger partial charge < -0.3 is 11.1 Å². The zero-order chi connectivity index (χ0) is 17.8. The molecule has 1 aliphatic heterocycles. The van der Waals surface area contributed by atoms with E-state index in [2.05, 4.69) is 5.32 Å². The molecule has 2 amide bonds. The number of nitrogens with zero attached hydrogens (tertiary/aromatic N) is 1. The lowest BCUT2D eigenvalue weighted by Gasteiger charge is -2.34. The average Bonchev–Trinajstić information content (AvgIpc) is 2.61. The standard InChI is InChI=1S/C20H23N3O2/c1-14(15-7-3-2-4-8-15)22-19(24)13-23-12-17-10-6-5-9-16(17)11-18(23)20(21)25/h2-10,14,18H,11-13H2,1H3,(H2,21,25)(H,22,24). The van der Waals surface area contributed by atoms with E-state index in [4.69, 9.17) is 5.73 Å². The Kier molecular flexibility index (Phi) is 5.14. The number of primary amides is 1. The first kappa shape index (κ1) is 17.2. The van der Waals surface area contributed by atoms with Crippen molar-refractivity contribution in [2.75, 3.05) is 6.54 Å². The molecular formula is C20H23N3O2. The van der Waals surface area contributed by atoms with Gasteiger partial charge in [-0.3, -0.25) is 14.5 Å². The molecule has 1 heterocycles. The molecule has 2 aromatic carbocycles. The van der Waals surface area contributed by atoms with Crippen molar-refractivity contribution < 1.29 is 9.59 Å². The summed E-state index contributed by atoms with van der Waals surface area (Å²) in [6.07, 6.45) is 0.549. The summed E-state index contributed by atoms with van der Waals surface area (Å²) in [5.41, 5.74) is 8.89. The Morgan fingerprint density at radius 3 is 2.44 bits per heavy atom. The van der Waals surface area contributed by atoms with Crippen LogP contribution < -0.4 is 11.1 Å². The highest BCUT2D eigenvalue weighted by atomic mass is 16.2. The number of hydrogen-bond donors (Lipinski definition) is 2. The molecule has 3 N–H and O–H groups in total. The highest BCUT2D eigenvalue weighted by molar-refractivity contribution is 5.83. The van der Waals surface area contributed by atoms with Crippen molar-refractivity contribution >= 4 is 11.8 Å². The monoisotopic (exact) mass is 337 g/mol. The van der Waals surface area contributed by atoms with Gasteiger partial charge in [-0.1, -0.05) is 54.6 Å². The van der Waals surface area contributed by atoms with Crippen molar-refractivity contribution in [2.45, 2.75) is 32.0 Å². The van der Waals surface area contributed by atoms with Crippen LogP contribution in [0.25, 0.3) is 0 Å². The van der Waals surface area contributed by atoms with Crippen LogP contribution in [0.3, 0.4) is 0 Å². The van der Waals surface area contributed by atoms with Crippen molar-refractivity contribution in [3.8, 4) is 0 Å². The van der Waals surface area contributed by atoms with Crippen LogP contribution in [0.15, 0.2) is 54.6 Å². The molecule has 0 spiro atoms. The first-order chi connectivity index (χ1) is 12.0. The zero-order valence-electron chi connectivity index (χ0n) is 14.3.